The number of carbonyl (C=O) groups is 1. The molecule has 0 fully saturated rings. The van der Waals surface area contributed by atoms with E-state index in [-0.39, 0.29) is 10.2 Å². The van der Waals surface area contributed by atoms with E-state index < -0.39 is 17.5 Å². The minimum absolute atomic E-state index is 0.0831. The van der Waals surface area contributed by atoms with Gasteiger partial charge < -0.3 is 5.11 Å². The van der Waals surface area contributed by atoms with Crippen LogP contribution in [0.4, 0.5) is 8.78 Å². The lowest BCUT2D eigenvalue weighted by molar-refractivity contribution is -0.829. The first-order valence-corrected chi connectivity index (χ1v) is 3.37. The molecule has 0 radical (unpaired) electrons. The summed E-state index contributed by atoms with van der Waals surface area (Å²) >= 11 is 0. The molecule has 0 atom stereocenters. The minimum Gasteiger partial charge on any atom is -0.502 e. The summed E-state index contributed by atoms with van der Waals surface area (Å²) in [5.74, 6) is -6.03. The Morgan fingerprint density at radius 1 is 1.33 bits per heavy atom. The molecule has 1 aliphatic rings. The Hall–Kier alpha value is -0.970. The SMILES string of the molecule is C[N+](C)(C)C1=C(O)C(F)(F)C1=O. The third-order valence-electron chi connectivity index (χ3n) is 1.69. The van der Waals surface area contributed by atoms with E-state index in [9.17, 15) is 13.6 Å². The molecular formula is C7H10F2NO2+. The molecule has 0 amide bonds. The van der Waals surface area contributed by atoms with E-state index in [1.54, 1.807) is 21.1 Å². The van der Waals surface area contributed by atoms with Crippen molar-refractivity contribution in [2.75, 3.05) is 21.1 Å². The number of hydrogen-bond donors (Lipinski definition) is 1. The van der Waals surface area contributed by atoms with Gasteiger partial charge in [-0.15, -0.1) is 0 Å². The van der Waals surface area contributed by atoms with Crippen molar-refractivity contribution in [1.82, 2.24) is 0 Å². The number of rotatable bonds is 1. The number of halogens is 2. The molecule has 0 saturated heterocycles. The second-order valence-corrected chi connectivity index (χ2v) is 3.61. The number of ketones is 1. The first-order chi connectivity index (χ1) is 5.19. The third-order valence-corrected chi connectivity index (χ3v) is 1.69. The maximum absolute atomic E-state index is 12.4. The van der Waals surface area contributed by atoms with E-state index in [0.717, 1.165) is 0 Å². The summed E-state index contributed by atoms with van der Waals surface area (Å²) in [6, 6.07) is 0. The van der Waals surface area contributed by atoms with E-state index in [0.29, 0.717) is 0 Å². The molecule has 0 aromatic carbocycles. The average Bonchev–Trinajstić information content (AvgIpc) is 1.85. The molecule has 0 aromatic rings. The quantitative estimate of drug-likeness (QED) is 0.599. The Labute approximate surface area is 68.5 Å². The van der Waals surface area contributed by atoms with Gasteiger partial charge in [0, 0.05) is 0 Å². The zero-order chi connectivity index (χ0) is 9.73. The molecule has 0 bridgehead atoms. The Bertz CT molecular complexity index is 276. The van der Waals surface area contributed by atoms with Gasteiger partial charge in [-0.25, -0.2) is 0 Å². The van der Waals surface area contributed by atoms with Crippen LogP contribution in [-0.2, 0) is 4.79 Å². The average molecular weight is 178 g/mol. The highest BCUT2D eigenvalue weighted by Crippen LogP contribution is 2.40. The Balaban J connectivity index is 3.14. The zero-order valence-corrected chi connectivity index (χ0v) is 7.06. The number of quaternary nitrogens is 1. The smallest absolute Gasteiger partial charge is 0.377 e. The van der Waals surface area contributed by atoms with Gasteiger partial charge in [0.2, 0.25) is 11.5 Å². The molecule has 1 N–H and O–H groups in total. The highest BCUT2D eigenvalue weighted by Gasteiger charge is 2.63. The van der Waals surface area contributed by atoms with Gasteiger partial charge in [-0.05, 0) is 0 Å². The number of Topliss-reactive ketones (excluding diaryl/α,β-unsaturated/α-hetero) is 1. The van der Waals surface area contributed by atoms with Gasteiger partial charge in [-0.1, -0.05) is 0 Å². The predicted molar refractivity (Wildman–Crippen MR) is 37.6 cm³/mol. The number of allylic oxidation sites excluding steroid dienone is 2. The first-order valence-electron chi connectivity index (χ1n) is 3.37. The van der Waals surface area contributed by atoms with Crippen molar-refractivity contribution in [2.45, 2.75) is 5.92 Å². The summed E-state index contributed by atoms with van der Waals surface area (Å²) in [5.41, 5.74) is -0.222. The van der Waals surface area contributed by atoms with Gasteiger partial charge in [0.15, 0.2) is 0 Å². The topological polar surface area (TPSA) is 37.3 Å². The minimum atomic E-state index is -3.65. The molecule has 5 heteroatoms. The molecule has 0 aromatic heterocycles. The van der Waals surface area contributed by atoms with E-state index in [1.807, 2.05) is 0 Å². The molecule has 3 nitrogen and oxygen atoms in total. The number of likely N-dealkylation sites (N-methyl/N-ethyl adjacent to an activating group) is 1. The monoisotopic (exact) mass is 178 g/mol. The molecule has 0 unspecified atom stereocenters. The van der Waals surface area contributed by atoms with Crippen molar-refractivity contribution >= 4 is 5.78 Å². The second kappa shape index (κ2) is 2.04. The van der Waals surface area contributed by atoms with Crippen molar-refractivity contribution in [1.29, 1.82) is 0 Å². The van der Waals surface area contributed by atoms with Crippen LogP contribution >= 0.6 is 0 Å². The molecular weight excluding hydrogens is 168 g/mol. The predicted octanol–water partition coefficient (Wildman–Crippen LogP) is 0.680. The lowest BCUT2D eigenvalue weighted by Gasteiger charge is -2.34. The van der Waals surface area contributed by atoms with Crippen molar-refractivity contribution < 1.29 is 23.2 Å². The van der Waals surface area contributed by atoms with Crippen LogP contribution in [0, 0.1) is 0 Å². The highest BCUT2D eigenvalue weighted by molar-refractivity contribution is 6.08. The Morgan fingerprint density at radius 3 is 1.92 bits per heavy atom. The molecule has 68 valence electrons. The molecule has 0 aliphatic heterocycles. The Morgan fingerprint density at radius 2 is 1.75 bits per heavy atom. The number of nitrogens with zero attached hydrogens (tertiary/aromatic N) is 1. The first kappa shape index (κ1) is 9.12. The van der Waals surface area contributed by atoms with Crippen LogP contribution in [0.5, 0.6) is 0 Å². The number of alkyl halides is 2. The number of carbonyl (C=O) groups excluding carboxylic acids is 1. The van der Waals surface area contributed by atoms with E-state index in [2.05, 4.69) is 0 Å². The highest BCUT2D eigenvalue weighted by atomic mass is 19.3. The normalized spacial score (nSPS) is 22.6. The van der Waals surface area contributed by atoms with Gasteiger partial charge in [0.1, 0.15) is 0 Å². The van der Waals surface area contributed by atoms with E-state index in [1.165, 1.54) is 0 Å². The van der Waals surface area contributed by atoms with Crippen LogP contribution in [-0.4, -0.2) is 42.4 Å². The number of aliphatic hydroxyl groups excluding tert-OH is 1. The van der Waals surface area contributed by atoms with Gasteiger partial charge in [0.05, 0.1) is 21.1 Å². The maximum atomic E-state index is 12.4. The number of aliphatic hydroxyl groups is 1. The molecule has 1 aliphatic carbocycles. The summed E-state index contributed by atoms with van der Waals surface area (Å²) in [5, 5.41) is 8.83. The zero-order valence-electron chi connectivity index (χ0n) is 7.06. The number of hydrogen-bond acceptors (Lipinski definition) is 2. The third kappa shape index (κ3) is 0.929. The van der Waals surface area contributed by atoms with Crippen molar-refractivity contribution in [3.8, 4) is 0 Å². The van der Waals surface area contributed by atoms with Gasteiger partial charge in [-0.3, -0.25) is 9.28 Å². The van der Waals surface area contributed by atoms with Crippen LogP contribution in [0.1, 0.15) is 0 Å². The molecule has 1 rings (SSSR count). The van der Waals surface area contributed by atoms with Crippen LogP contribution < -0.4 is 0 Å². The lowest BCUT2D eigenvalue weighted by Crippen LogP contribution is -2.54. The summed E-state index contributed by atoms with van der Waals surface area (Å²) in [6.07, 6.45) is 0. The standard InChI is InChI=1S/C7H9F2NO2/c1-10(2,3)4-5(11)7(8,9)6(4)12/h1-3H3/p+1. The van der Waals surface area contributed by atoms with Crippen LogP contribution in [0.15, 0.2) is 11.5 Å². The van der Waals surface area contributed by atoms with Crippen LogP contribution in [0.2, 0.25) is 0 Å². The van der Waals surface area contributed by atoms with Crippen molar-refractivity contribution in [3.63, 3.8) is 0 Å². The van der Waals surface area contributed by atoms with Gasteiger partial charge >= 0.3 is 5.92 Å². The molecule has 12 heavy (non-hydrogen) atoms. The second-order valence-electron chi connectivity index (χ2n) is 3.61. The van der Waals surface area contributed by atoms with E-state index >= 15 is 0 Å². The van der Waals surface area contributed by atoms with Gasteiger partial charge in [-0.2, -0.15) is 8.78 Å². The fraction of sp³-hybridized carbons (Fsp3) is 0.571. The van der Waals surface area contributed by atoms with Gasteiger partial charge in [0.25, 0.3) is 5.78 Å². The van der Waals surface area contributed by atoms with Crippen LogP contribution in [0.25, 0.3) is 0 Å². The fourth-order valence-electron chi connectivity index (χ4n) is 1.07. The summed E-state index contributed by atoms with van der Waals surface area (Å²) in [4.78, 5) is 10.8. The van der Waals surface area contributed by atoms with E-state index in [4.69, 9.17) is 5.11 Å². The van der Waals surface area contributed by atoms with Crippen LogP contribution in [0.3, 0.4) is 0 Å². The summed E-state index contributed by atoms with van der Waals surface area (Å²) in [7, 11) is 4.62. The summed E-state index contributed by atoms with van der Waals surface area (Å²) < 4.78 is 24.8. The Kier molecular flexibility index (Phi) is 1.55. The maximum Gasteiger partial charge on any atom is 0.377 e. The molecule has 0 spiro atoms. The largest absolute Gasteiger partial charge is 0.502 e. The van der Waals surface area contributed by atoms with Crippen molar-refractivity contribution in [2.24, 2.45) is 0 Å². The summed E-state index contributed by atoms with van der Waals surface area (Å²) in [6.45, 7) is 0. The fourth-order valence-corrected chi connectivity index (χ4v) is 1.07. The van der Waals surface area contributed by atoms with Crippen molar-refractivity contribution in [3.05, 3.63) is 11.5 Å². The lowest BCUT2D eigenvalue weighted by atomic mass is 9.94. The molecule has 0 saturated carbocycles. The molecule has 0 heterocycles.